The second-order valence-corrected chi connectivity index (χ2v) is 5.21. The van der Waals surface area contributed by atoms with Crippen LogP contribution < -0.4 is 5.32 Å². The first-order chi connectivity index (χ1) is 8.06. The average Bonchev–Trinajstić information content (AvgIpc) is 2.60. The predicted molar refractivity (Wildman–Crippen MR) is 70.6 cm³/mol. The molecular formula is C12H14Cl2N2O. The number of fused-ring (bicyclic) bond motifs is 1. The molecule has 1 aromatic heterocycles. The molecule has 2 rings (SSSR count). The molecule has 0 amide bonds. The van der Waals surface area contributed by atoms with E-state index in [1.807, 2.05) is 0 Å². The van der Waals surface area contributed by atoms with Crippen molar-refractivity contribution in [3.63, 3.8) is 0 Å². The summed E-state index contributed by atoms with van der Waals surface area (Å²) >= 11 is 11.9. The monoisotopic (exact) mass is 272 g/mol. The minimum Gasteiger partial charge on any atom is -0.438 e. The van der Waals surface area contributed by atoms with Crippen molar-refractivity contribution in [2.45, 2.75) is 20.4 Å². The Kier molecular flexibility index (Phi) is 3.92. The molecule has 0 spiro atoms. The minimum absolute atomic E-state index is 0.495. The summed E-state index contributed by atoms with van der Waals surface area (Å²) in [4.78, 5) is 4.33. The van der Waals surface area contributed by atoms with E-state index in [1.54, 1.807) is 12.1 Å². The Hall–Kier alpha value is -0.770. The van der Waals surface area contributed by atoms with Gasteiger partial charge in [-0.05, 0) is 24.6 Å². The van der Waals surface area contributed by atoms with Gasteiger partial charge in [-0.3, -0.25) is 0 Å². The van der Waals surface area contributed by atoms with Gasteiger partial charge in [0.15, 0.2) is 5.58 Å². The number of nitrogens with zero attached hydrogens (tertiary/aromatic N) is 1. The lowest BCUT2D eigenvalue weighted by molar-refractivity contribution is 0.471. The first-order valence-corrected chi connectivity index (χ1v) is 6.27. The van der Waals surface area contributed by atoms with Gasteiger partial charge in [0.2, 0.25) is 5.89 Å². The fourth-order valence-electron chi connectivity index (χ4n) is 1.55. The van der Waals surface area contributed by atoms with Crippen molar-refractivity contribution >= 4 is 34.3 Å². The summed E-state index contributed by atoms with van der Waals surface area (Å²) in [6, 6.07) is 3.40. The zero-order chi connectivity index (χ0) is 12.4. The molecular weight excluding hydrogens is 259 g/mol. The third-order valence-electron chi connectivity index (χ3n) is 2.28. The third kappa shape index (κ3) is 3.12. The third-order valence-corrected chi connectivity index (χ3v) is 2.78. The summed E-state index contributed by atoms with van der Waals surface area (Å²) in [5, 5.41) is 4.33. The number of nitrogens with one attached hydrogen (secondary N) is 1. The van der Waals surface area contributed by atoms with Crippen LogP contribution in [0, 0.1) is 5.92 Å². The van der Waals surface area contributed by atoms with E-state index in [0.29, 0.717) is 39.5 Å². The molecule has 0 aliphatic rings. The van der Waals surface area contributed by atoms with E-state index in [0.717, 1.165) is 6.54 Å². The maximum atomic E-state index is 6.02. The van der Waals surface area contributed by atoms with Crippen LogP contribution in [0.1, 0.15) is 19.7 Å². The molecule has 0 aliphatic carbocycles. The zero-order valence-electron chi connectivity index (χ0n) is 9.76. The molecule has 3 nitrogen and oxygen atoms in total. The number of benzene rings is 1. The van der Waals surface area contributed by atoms with Crippen molar-refractivity contribution in [3.05, 3.63) is 28.1 Å². The molecule has 0 saturated heterocycles. The van der Waals surface area contributed by atoms with Crippen LogP contribution in [0.3, 0.4) is 0 Å². The van der Waals surface area contributed by atoms with Gasteiger partial charge in [0.1, 0.15) is 5.52 Å². The van der Waals surface area contributed by atoms with Gasteiger partial charge in [-0.15, -0.1) is 0 Å². The van der Waals surface area contributed by atoms with Crippen molar-refractivity contribution in [3.8, 4) is 0 Å². The number of hydrogen-bond donors (Lipinski definition) is 1. The van der Waals surface area contributed by atoms with Crippen LogP contribution in [-0.2, 0) is 6.54 Å². The smallest absolute Gasteiger partial charge is 0.209 e. The van der Waals surface area contributed by atoms with E-state index in [-0.39, 0.29) is 0 Å². The standard InChI is InChI=1S/C12H14Cl2N2O/c1-7(2)5-15-6-11-16-10-4-8(13)3-9(14)12(10)17-11/h3-4,7,15H,5-6H2,1-2H3. The van der Waals surface area contributed by atoms with E-state index < -0.39 is 0 Å². The molecule has 1 aromatic carbocycles. The fraction of sp³-hybridized carbons (Fsp3) is 0.417. The Bertz CT molecular complexity index is 522. The van der Waals surface area contributed by atoms with Crippen molar-refractivity contribution < 1.29 is 4.42 Å². The second-order valence-electron chi connectivity index (χ2n) is 4.37. The van der Waals surface area contributed by atoms with Crippen LogP contribution in [-0.4, -0.2) is 11.5 Å². The topological polar surface area (TPSA) is 38.1 Å². The molecule has 0 saturated carbocycles. The van der Waals surface area contributed by atoms with Crippen LogP contribution in [0.25, 0.3) is 11.1 Å². The van der Waals surface area contributed by atoms with E-state index >= 15 is 0 Å². The first-order valence-electron chi connectivity index (χ1n) is 5.51. The highest BCUT2D eigenvalue weighted by atomic mass is 35.5. The Morgan fingerprint density at radius 2 is 2.12 bits per heavy atom. The number of hydrogen-bond acceptors (Lipinski definition) is 3. The van der Waals surface area contributed by atoms with Crippen molar-refractivity contribution in [1.82, 2.24) is 10.3 Å². The van der Waals surface area contributed by atoms with Gasteiger partial charge in [-0.2, -0.15) is 0 Å². The van der Waals surface area contributed by atoms with E-state index in [9.17, 15) is 0 Å². The summed E-state index contributed by atoms with van der Waals surface area (Å²) in [5.74, 6) is 1.22. The fourth-order valence-corrected chi connectivity index (χ4v) is 2.07. The SMILES string of the molecule is CC(C)CNCc1nc2cc(Cl)cc(Cl)c2o1. The van der Waals surface area contributed by atoms with E-state index in [4.69, 9.17) is 27.6 Å². The summed E-state index contributed by atoms with van der Waals surface area (Å²) < 4.78 is 5.57. The van der Waals surface area contributed by atoms with Crippen LogP contribution in [0.15, 0.2) is 16.5 Å². The van der Waals surface area contributed by atoms with Crippen LogP contribution in [0.2, 0.25) is 10.0 Å². The summed E-state index contributed by atoms with van der Waals surface area (Å²) in [6.45, 7) is 5.82. The number of oxazole rings is 1. The molecule has 17 heavy (non-hydrogen) atoms. The lowest BCUT2D eigenvalue weighted by Gasteiger charge is -2.03. The van der Waals surface area contributed by atoms with Gasteiger partial charge in [-0.1, -0.05) is 37.0 Å². The lowest BCUT2D eigenvalue weighted by atomic mass is 10.2. The predicted octanol–water partition coefficient (Wildman–Crippen LogP) is 3.88. The Balaban J connectivity index is 2.17. The lowest BCUT2D eigenvalue weighted by Crippen LogP contribution is -2.19. The average molecular weight is 273 g/mol. The van der Waals surface area contributed by atoms with Gasteiger partial charge in [0.05, 0.1) is 11.6 Å². The molecule has 1 heterocycles. The van der Waals surface area contributed by atoms with Crippen LogP contribution >= 0.6 is 23.2 Å². The van der Waals surface area contributed by atoms with Crippen molar-refractivity contribution in [2.24, 2.45) is 5.92 Å². The van der Waals surface area contributed by atoms with Gasteiger partial charge >= 0.3 is 0 Å². The second kappa shape index (κ2) is 5.25. The van der Waals surface area contributed by atoms with Gasteiger partial charge in [-0.25, -0.2) is 4.98 Å². The molecule has 92 valence electrons. The normalized spacial score (nSPS) is 11.6. The number of rotatable bonds is 4. The molecule has 0 aliphatic heterocycles. The Morgan fingerprint density at radius 3 is 2.82 bits per heavy atom. The van der Waals surface area contributed by atoms with E-state index in [1.165, 1.54) is 0 Å². The molecule has 0 fully saturated rings. The van der Waals surface area contributed by atoms with Gasteiger partial charge in [0.25, 0.3) is 0 Å². The molecule has 0 unspecified atom stereocenters. The summed E-state index contributed by atoms with van der Waals surface area (Å²) in [5.41, 5.74) is 1.29. The molecule has 0 radical (unpaired) electrons. The quantitative estimate of drug-likeness (QED) is 0.918. The summed E-state index contributed by atoms with van der Waals surface area (Å²) in [6.07, 6.45) is 0. The molecule has 2 aromatic rings. The van der Waals surface area contributed by atoms with Crippen molar-refractivity contribution in [2.75, 3.05) is 6.54 Å². The molecule has 1 N–H and O–H groups in total. The molecule has 0 atom stereocenters. The largest absolute Gasteiger partial charge is 0.438 e. The number of aromatic nitrogens is 1. The minimum atomic E-state index is 0.495. The highest BCUT2D eigenvalue weighted by Gasteiger charge is 2.10. The highest BCUT2D eigenvalue weighted by Crippen LogP contribution is 2.28. The van der Waals surface area contributed by atoms with Crippen LogP contribution in [0.5, 0.6) is 0 Å². The maximum absolute atomic E-state index is 6.02. The maximum Gasteiger partial charge on any atom is 0.209 e. The molecule has 0 bridgehead atoms. The van der Waals surface area contributed by atoms with Gasteiger partial charge < -0.3 is 9.73 Å². The first kappa shape index (κ1) is 12.7. The Labute approximate surface area is 110 Å². The van der Waals surface area contributed by atoms with Crippen LogP contribution in [0.4, 0.5) is 0 Å². The number of halogens is 2. The highest BCUT2D eigenvalue weighted by molar-refractivity contribution is 6.37. The van der Waals surface area contributed by atoms with Gasteiger partial charge in [0, 0.05) is 5.02 Å². The summed E-state index contributed by atoms with van der Waals surface area (Å²) in [7, 11) is 0. The van der Waals surface area contributed by atoms with Crippen molar-refractivity contribution in [1.29, 1.82) is 0 Å². The Morgan fingerprint density at radius 1 is 1.35 bits per heavy atom. The molecule has 5 heteroatoms. The van der Waals surface area contributed by atoms with E-state index in [2.05, 4.69) is 24.1 Å². The zero-order valence-corrected chi connectivity index (χ0v) is 11.3.